The number of hydrogen-bond donors (Lipinski definition) is 0. The van der Waals surface area contributed by atoms with Crippen molar-refractivity contribution in [2.45, 2.75) is 52.6 Å². The van der Waals surface area contributed by atoms with E-state index in [9.17, 15) is 9.59 Å². The van der Waals surface area contributed by atoms with Gasteiger partial charge in [-0.2, -0.15) is 0 Å². The maximum absolute atomic E-state index is 12.4. The van der Waals surface area contributed by atoms with Crippen molar-refractivity contribution in [3.8, 4) is 11.5 Å². The van der Waals surface area contributed by atoms with E-state index in [1.165, 1.54) is 0 Å². The SMILES string of the molecule is Cc1ccc(-c2nnc(CCC(=O)O[C@H](C)C(=O)N3CCC(C)CC3)o2)cc1. The van der Waals surface area contributed by atoms with Gasteiger partial charge in [-0.25, -0.2) is 0 Å². The van der Waals surface area contributed by atoms with Gasteiger partial charge < -0.3 is 14.1 Å². The van der Waals surface area contributed by atoms with Gasteiger partial charge in [0.25, 0.3) is 5.91 Å². The lowest BCUT2D eigenvalue weighted by Gasteiger charge is -2.31. The molecular weight excluding hydrogens is 358 g/mol. The molecule has 7 nitrogen and oxygen atoms in total. The Kier molecular flexibility index (Phi) is 6.44. The highest BCUT2D eigenvalue weighted by Gasteiger charge is 2.26. The number of benzene rings is 1. The van der Waals surface area contributed by atoms with Crippen LogP contribution in [0.4, 0.5) is 0 Å². The number of hydrogen-bond acceptors (Lipinski definition) is 6. The van der Waals surface area contributed by atoms with Crippen molar-refractivity contribution < 1.29 is 18.7 Å². The van der Waals surface area contributed by atoms with Gasteiger partial charge in [0, 0.05) is 25.1 Å². The predicted molar refractivity (Wildman–Crippen MR) is 103 cm³/mol. The van der Waals surface area contributed by atoms with Crippen LogP contribution >= 0.6 is 0 Å². The van der Waals surface area contributed by atoms with Gasteiger partial charge in [-0.15, -0.1) is 10.2 Å². The predicted octanol–water partition coefficient (Wildman–Crippen LogP) is 3.17. The minimum absolute atomic E-state index is 0.0875. The summed E-state index contributed by atoms with van der Waals surface area (Å²) in [6, 6.07) is 7.76. The topological polar surface area (TPSA) is 85.5 Å². The molecule has 2 aromatic rings. The minimum atomic E-state index is -0.772. The lowest BCUT2D eigenvalue weighted by molar-refractivity contribution is -0.159. The first-order valence-corrected chi connectivity index (χ1v) is 9.80. The third-order valence-electron chi connectivity index (χ3n) is 5.06. The largest absolute Gasteiger partial charge is 0.453 e. The fraction of sp³-hybridized carbons (Fsp3) is 0.524. The highest BCUT2D eigenvalue weighted by atomic mass is 16.5. The second-order valence-electron chi connectivity index (χ2n) is 7.51. The first-order valence-electron chi connectivity index (χ1n) is 9.80. The summed E-state index contributed by atoms with van der Waals surface area (Å²) < 4.78 is 10.9. The summed E-state index contributed by atoms with van der Waals surface area (Å²) >= 11 is 0. The normalized spacial score (nSPS) is 16.0. The molecule has 0 spiro atoms. The number of piperidine rings is 1. The molecule has 3 rings (SSSR count). The van der Waals surface area contributed by atoms with Gasteiger partial charge in [0.1, 0.15) is 0 Å². The first kappa shape index (κ1) is 20.0. The van der Waals surface area contributed by atoms with Gasteiger partial charge in [0.15, 0.2) is 6.10 Å². The second kappa shape index (κ2) is 8.99. The molecule has 28 heavy (non-hydrogen) atoms. The van der Waals surface area contributed by atoms with Crippen LogP contribution in [0, 0.1) is 12.8 Å². The Morgan fingerprint density at radius 2 is 1.89 bits per heavy atom. The van der Waals surface area contributed by atoms with Crippen LogP contribution in [0.1, 0.15) is 44.6 Å². The van der Waals surface area contributed by atoms with E-state index in [4.69, 9.17) is 9.15 Å². The Morgan fingerprint density at radius 3 is 2.57 bits per heavy atom. The van der Waals surface area contributed by atoms with E-state index in [2.05, 4.69) is 17.1 Å². The molecule has 1 aliphatic heterocycles. The lowest BCUT2D eigenvalue weighted by atomic mass is 9.99. The average molecular weight is 385 g/mol. The van der Waals surface area contributed by atoms with Crippen LogP contribution in [0.2, 0.25) is 0 Å². The smallest absolute Gasteiger partial charge is 0.307 e. The maximum Gasteiger partial charge on any atom is 0.307 e. The zero-order chi connectivity index (χ0) is 20.1. The lowest BCUT2D eigenvalue weighted by Crippen LogP contribution is -2.44. The zero-order valence-electron chi connectivity index (χ0n) is 16.7. The molecule has 1 amide bonds. The van der Waals surface area contributed by atoms with E-state index in [0.29, 0.717) is 17.7 Å². The number of aryl methyl sites for hydroxylation is 2. The molecule has 0 unspecified atom stereocenters. The van der Waals surface area contributed by atoms with Crippen LogP contribution in [0.5, 0.6) is 0 Å². The molecule has 1 aromatic heterocycles. The summed E-state index contributed by atoms with van der Waals surface area (Å²) in [6.45, 7) is 7.27. The fourth-order valence-corrected chi connectivity index (χ4v) is 3.17. The molecule has 1 aliphatic rings. The van der Waals surface area contributed by atoms with Crippen molar-refractivity contribution in [1.29, 1.82) is 0 Å². The molecule has 1 atom stereocenters. The van der Waals surface area contributed by atoms with Gasteiger partial charge in [-0.1, -0.05) is 24.6 Å². The second-order valence-corrected chi connectivity index (χ2v) is 7.51. The summed E-state index contributed by atoms with van der Waals surface area (Å²) in [7, 11) is 0. The monoisotopic (exact) mass is 385 g/mol. The zero-order valence-corrected chi connectivity index (χ0v) is 16.7. The summed E-state index contributed by atoms with van der Waals surface area (Å²) in [5, 5.41) is 8.00. The molecular formula is C21H27N3O4. The van der Waals surface area contributed by atoms with E-state index in [-0.39, 0.29) is 18.7 Å². The molecule has 0 aliphatic carbocycles. The summed E-state index contributed by atoms with van der Waals surface area (Å²) in [5.74, 6) is 0.866. The molecule has 2 heterocycles. The molecule has 150 valence electrons. The van der Waals surface area contributed by atoms with E-state index < -0.39 is 12.1 Å². The first-order chi connectivity index (χ1) is 13.4. The van der Waals surface area contributed by atoms with Gasteiger partial charge in [-0.3, -0.25) is 9.59 Å². The van der Waals surface area contributed by atoms with Crippen molar-refractivity contribution in [1.82, 2.24) is 15.1 Å². The van der Waals surface area contributed by atoms with Crippen molar-refractivity contribution in [2.24, 2.45) is 5.92 Å². The number of carbonyl (C=O) groups is 2. The number of carbonyl (C=O) groups excluding carboxylic acids is 2. The van der Waals surface area contributed by atoms with Crippen LogP contribution in [-0.4, -0.2) is 46.2 Å². The highest BCUT2D eigenvalue weighted by Crippen LogP contribution is 2.19. The molecule has 0 bridgehead atoms. The van der Waals surface area contributed by atoms with E-state index in [1.54, 1.807) is 11.8 Å². The van der Waals surface area contributed by atoms with Gasteiger partial charge in [-0.05, 0) is 44.7 Å². The Hall–Kier alpha value is -2.70. The van der Waals surface area contributed by atoms with Gasteiger partial charge in [0.05, 0.1) is 6.42 Å². The van der Waals surface area contributed by atoms with Crippen LogP contribution in [0.15, 0.2) is 28.7 Å². The van der Waals surface area contributed by atoms with Crippen LogP contribution in [-0.2, 0) is 20.7 Å². The summed E-state index contributed by atoms with van der Waals surface area (Å²) in [4.78, 5) is 26.3. The minimum Gasteiger partial charge on any atom is -0.453 e. The number of aromatic nitrogens is 2. The van der Waals surface area contributed by atoms with Crippen LogP contribution in [0.3, 0.4) is 0 Å². The number of likely N-dealkylation sites (tertiary alicyclic amines) is 1. The molecule has 1 saturated heterocycles. The van der Waals surface area contributed by atoms with Crippen molar-refractivity contribution in [3.05, 3.63) is 35.7 Å². The Balaban J connectivity index is 1.46. The molecule has 1 fully saturated rings. The third kappa shape index (κ3) is 5.18. The third-order valence-corrected chi connectivity index (χ3v) is 5.06. The number of amides is 1. The van der Waals surface area contributed by atoms with Crippen molar-refractivity contribution in [3.63, 3.8) is 0 Å². The number of ether oxygens (including phenoxy) is 1. The Bertz CT molecular complexity index is 807. The van der Waals surface area contributed by atoms with Gasteiger partial charge >= 0.3 is 5.97 Å². The summed E-state index contributed by atoms with van der Waals surface area (Å²) in [5.41, 5.74) is 1.98. The Morgan fingerprint density at radius 1 is 1.21 bits per heavy atom. The molecule has 1 aromatic carbocycles. The van der Waals surface area contributed by atoms with E-state index >= 15 is 0 Å². The maximum atomic E-state index is 12.4. The van der Waals surface area contributed by atoms with Crippen molar-refractivity contribution >= 4 is 11.9 Å². The Labute approximate surface area is 165 Å². The van der Waals surface area contributed by atoms with Crippen LogP contribution < -0.4 is 0 Å². The molecule has 0 saturated carbocycles. The van der Waals surface area contributed by atoms with Gasteiger partial charge in [0.2, 0.25) is 11.8 Å². The molecule has 7 heteroatoms. The standard InChI is InChI=1S/C21H27N3O4/c1-14-4-6-17(7-5-14)20-23-22-18(28-20)8-9-19(25)27-16(3)21(26)24-12-10-15(2)11-13-24/h4-7,15-16H,8-13H2,1-3H3/t16-/m1/s1. The molecule has 0 N–H and O–H groups in total. The quantitative estimate of drug-likeness (QED) is 0.710. The van der Waals surface area contributed by atoms with Crippen molar-refractivity contribution in [2.75, 3.05) is 13.1 Å². The highest BCUT2D eigenvalue weighted by molar-refractivity contribution is 5.83. The summed E-state index contributed by atoms with van der Waals surface area (Å²) in [6.07, 6.45) is 1.58. The van der Waals surface area contributed by atoms with E-state index in [0.717, 1.165) is 37.1 Å². The average Bonchev–Trinajstić information content (AvgIpc) is 3.16. The molecule has 0 radical (unpaired) electrons. The number of esters is 1. The number of rotatable bonds is 6. The van der Waals surface area contributed by atoms with Crippen LogP contribution in [0.25, 0.3) is 11.5 Å². The number of nitrogens with zero attached hydrogens (tertiary/aromatic N) is 3. The van der Waals surface area contributed by atoms with E-state index in [1.807, 2.05) is 31.2 Å². The fourth-order valence-electron chi connectivity index (χ4n) is 3.17.